The van der Waals surface area contributed by atoms with Crippen LogP contribution in [0.5, 0.6) is 0 Å². The molecule has 0 bridgehead atoms. The van der Waals surface area contributed by atoms with Crippen LogP contribution in [0.1, 0.15) is 27.7 Å². The van der Waals surface area contributed by atoms with E-state index in [-0.39, 0.29) is 12.0 Å². The minimum Gasteiger partial charge on any atom is -0.388 e. The Kier molecular flexibility index (Phi) is 2.65. The Hall–Kier alpha value is -0.0800. The van der Waals surface area contributed by atoms with E-state index in [1.165, 1.54) is 0 Å². The topological polar surface area (TPSA) is 46.2 Å². The highest BCUT2D eigenvalue weighted by Crippen LogP contribution is 2.18. The molecule has 2 heteroatoms. The maximum Gasteiger partial charge on any atom is 0.0789 e. The summed E-state index contributed by atoms with van der Waals surface area (Å²) in [6, 6.07) is -0.155. The van der Waals surface area contributed by atoms with E-state index in [1.54, 1.807) is 6.92 Å². The normalized spacial score (nSPS) is 21.7. The lowest BCUT2D eigenvalue weighted by molar-refractivity contribution is -0.00572. The van der Waals surface area contributed by atoms with Gasteiger partial charge in [0.25, 0.3) is 0 Å². The predicted octanol–water partition coefficient (Wildman–Crippen LogP) is 0.741. The molecule has 0 radical (unpaired) electrons. The minimum absolute atomic E-state index is 0.155. The fourth-order valence-corrected chi connectivity index (χ4v) is 0.526. The Morgan fingerprint density at radius 3 is 1.67 bits per heavy atom. The summed E-state index contributed by atoms with van der Waals surface area (Å²) in [5, 5.41) is 9.54. The molecule has 0 spiro atoms. The van der Waals surface area contributed by atoms with Crippen molar-refractivity contribution in [2.24, 2.45) is 11.7 Å². The van der Waals surface area contributed by atoms with Gasteiger partial charge in [0.05, 0.1) is 5.60 Å². The van der Waals surface area contributed by atoms with Crippen LogP contribution < -0.4 is 5.73 Å². The Morgan fingerprint density at radius 1 is 1.33 bits per heavy atom. The van der Waals surface area contributed by atoms with Gasteiger partial charge in [0.2, 0.25) is 0 Å². The summed E-state index contributed by atoms with van der Waals surface area (Å²) in [4.78, 5) is 0. The molecule has 2 unspecified atom stereocenters. The van der Waals surface area contributed by atoms with Gasteiger partial charge >= 0.3 is 0 Å². The molecule has 0 rings (SSSR count). The molecule has 0 aliphatic rings. The van der Waals surface area contributed by atoms with Crippen molar-refractivity contribution >= 4 is 0 Å². The van der Waals surface area contributed by atoms with E-state index in [9.17, 15) is 5.11 Å². The molecule has 0 aliphatic heterocycles. The second-order valence-corrected chi connectivity index (χ2v) is 3.17. The van der Waals surface area contributed by atoms with Crippen LogP contribution in [0.4, 0.5) is 0 Å². The lowest BCUT2D eigenvalue weighted by Crippen LogP contribution is -2.47. The molecule has 2 nitrogen and oxygen atoms in total. The molecule has 0 aromatic heterocycles. The number of hydrogen-bond acceptors (Lipinski definition) is 2. The van der Waals surface area contributed by atoms with Crippen LogP contribution in [0.25, 0.3) is 0 Å². The van der Waals surface area contributed by atoms with Gasteiger partial charge in [-0.25, -0.2) is 0 Å². The lowest BCUT2D eigenvalue weighted by Gasteiger charge is -2.31. The monoisotopic (exact) mass is 131 g/mol. The standard InChI is InChI=1S/C7H17NO/c1-5(2)7(4,9)6(3)8/h5-6,9H,8H2,1-4H3. The summed E-state index contributed by atoms with van der Waals surface area (Å²) >= 11 is 0. The smallest absolute Gasteiger partial charge is 0.0789 e. The van der Waals surface area contributed by atoms with E-state index < -0.39 is 5.60 Å². The van der Waals surface area contributed by atoms with Crippen molar-refractivity contribution in [1.29, 1.82) is 0 Å². The average molecular weight is 131 g/mol. The molecule has 0 heterocycles. The molecule has 0 aliphatic carbocycles. The van der Waals surface area contributed by atoms with Gasteiger partial charge in [0.1, 0.15) is 0 Å². The van der Waals surface area contributed by atoms with Gasteiger partial charge in [-0.3, -0.25) is 0 Å². The Labute approximate surface area is 57.1 Å². The second kappa shape index (κ2) is 2.67. The molecule has 2 atom stereocenters. The zero-order valence-electron chi connectivity index (χ0n) is 6.68. The molecule has 9 heavy (non-hydrogen) atoms. The Morgan fingerprint density at radius 2 is 1.67 bits per heavy atom. The van der Waals surface area contributed by atoms with E-state index in [0.29, 0.717) is 0 Å². The molecule has 0 saturated carbocycles. The first-order valence-corrected chi connectivity index (χ1v) is 3.37. The van der Waals surface area contributed by atoms with Gasteiger partial charge in [-0.15, -0.1) is 0 Å². The highest BCUT2D eigenvalue weighted by molar-refractivity contribution is 4.84. The first-order valence-electron chi connectivity index (χ1n) is 3.37. The Bertz CT molecular complexity index is 76.9. The molecular weight excluding hydrogens is 114 g/mol. The van der Waals surface area contributed by atoms with Crippen LogP contribution in [0.15, 0.2) is 0 Å². The van der Waals surface area contributed by atoms with Crippen molar-refractivity contribution in [3.8, 4) is 0 Å². The van der Waals surface area contributed by atoms with Crippen molar-refractivity contribution in [2.45, 2.75) is 39.3 Å². The average Bonchev–Trinajstić information content (AvgIpc) is 1.65. The third kappa shape index (κ3) is 1.95. The van der Waals surface area contributed by atoms with E-state index in [4.69, 9.17) is 5.73 Å². The summed E-state index contributed by atoms with van der Waals surface area (Å²) in [6.07, 6.45) is 0. The summed E-state index contributed by atoms with van der Waals surface area (Å²) in [5.74, 6) is 0.220. The van der Waals surface area contributed by atoms with Crippen molar-refractivity contribution in [3.63, 3.8) is 0 Å². The predicted molar refractivity (Wildman–Crippen MR) is 39.1 cm³/mol. The molecule has 0 amide bonds. The summed E-state index contributed by atoms with van der Waals surface area (Å²) in [7, 11) is 0. The quantitative estimate of drug-likeness (QED) is 0.580. The van der Waals surface area contributed by atoms with E-state index in [2.05, 4.69) is 0 Å². The van der Waals surface area contributed by atoms with Crippen molar-refractivity contribution in [3.05, 3.63) is 0 Å². The second-order valence-electron chi connectivity index (χ2n) is 3.17. The van der Waals surface area contributed by atoms with Gasteiger partial charge in [0.15, 0.2) is 0 Å². The third-order valence-electron chi connectivity index (χ3n) is 2.09. The molecule has 56 valence electrons. The molecular formula is C7H17NO. The largest absolute Gasteiger partial charge is 0.388 e. The molecule has 3 N–H and O–H groups in total. The summed E-state index contributed by atoms with van der Waals surface area (Å²) in [6.45, 7) is 7.51. The van der Waals surface area contributed by atoms with Crippen LogP contribution in [0.3, 0.4) is 0 Å². The van der Waals surface area contributed by atoms with Crippen LogP contribution in [0, 0.1) is 5.92 Å². The number of hydrogen-bond donors (Lipinski definition) is 2. The van der Waals surface area contributed by atoms with Gasteiger partial charge in [-0.05, 0) is 19.8 Å². The van der Waals surface area contributed by atoms with Crippen LogP contribution >= 0.6 is 0 Å². The van der Waals surface area contributed by atoms with Gasteiger partial charge in [-0.2, -0.15) is 0 Å². The maximum atomic E-state index is 9.54. The third-order valence-corrected chi connectivity index (χ3v) is 2.09. The van der Waals surface area contributed by atoms with E-state index in [0.717, 1.165) is 0 Å². The summed E-state index contributed by atoms with van der Waals surface area (Å²) in [5.41, 5.74) is 4.80. The van der Waals surface area contributed by atoms with Gasteiger partial charge < -0.3 is 10.8 Å². The lowest BCUT2D eigenvalue weighted by atomic mass is 9.87. The van der Waals surface area contributed by atoms with Crippen molar-refractivity contribution in [2.75, 3.05) is 0 Å². The van der Waals surface area contributed by atoms with Gasteiger partial charge in [-0.1, -0.05) is 13.8 Å². The first-order chi connectivity index (χ1) is 3.89. The van der Waals surface area contributed by atoms with Crippen LogP contribution in [0.2, 0.25) is 0 Å². The maximum absolute atomic E-state index is 9.54. The zero-order chi connectivity index (χ0) is 7.65. The number of nitrogens with two attached hydrogens (primary N) is 1. The first kappa shape index (κ1) is 8.92. The fourth-order valence-electron chi connectivity index (χ4n) is 0.526. The Balaban J connectivity index is 4.01. The van der Waals surface area contributed by atoms with E-state index >= 15 is 0 Å². The van der Waals surface area contributed by atoms with Gasteiger partial charge in [0, 0.05) is 6.04 Å². The highest BCUT2D eigenvalue weighted by Gasteiger charge is 2.28. The van der Waals surface area contributed by atoms with Crippen molar-refractivity contribution in [1.82, 2.24) is 0 Å². The minimum atomic E-state index is -0.722. The van der Waals surface area contributed by atoms with Crippen molar-refractivity contribution < 1.29 is 5.11 Å². The fraction of sp³-hybridized carbons (Fsp3) is 1.00. The highest BCUT2D eigenvalue weighted by atomic mass is 16.3. The van der Waals surface area contributed by atoms with E-state index in [1.807, 2.05) is 20.8 Å². The number of aliphatic hydroxyl groups is 1. The number of rotatable bonds is 2. The zero-order valence-corrected chi connectivity index (χ0v) is 6.68. The molecule has 0 saturated heterocycles. The van der Waals surface area contributed by atoms with Crippen LogP contribution in [-0.2, 0) is 0 Å². The van der Waals surface area contributed by atoms with Crippen LogP contribution in [-0.4, -0.2) is 16.7 Å². The molecule has 0 fully saturated rings. The SMILES string of the molecule is CC(C)C(C)(O)C(C)N. The molecule has 0 aromatic rings. The molecule has 0 aromatic carbocycles. The summed E-state index contributed by atoms with van der Waals surface area (Å²) < 4.78 is 0.